The lowest BCUT2D eigenvalue weighted by Gasteiger charge is -2.13. The van der Waals surface area contributed by atoms with E-state index in [2.05, 4.69) is 19.9 Å². The molecule has 0 radical (unpaired) electrons. The van der Waals surface area contributed by atoms with E-state index in [1.54, 1.807) is 12.0 Å². The highest BCUT2D eigenvalue weighted by molar-refractivity contribution is 8.26. The molecule has 8 heteroatoms. The van der Waals surface area contributed by atoms with Crippen LogP contribution in [-0.2, 0) is 9.53 Å². The molecule has 4 rings (SSSR count). The van der Waals surface area contributed by atoms with Crippen molar-refractivity contribution in [1.82, 2.24) is 14.7 Å². The van der Waals surface area contributed by atoms with Crippen LogP contribution in [-0.4, -0.2) is 51.8 Å². The third-order valence-electron chi connectivity index (χ3n) is 5.84. The Kier molecular flexibility index (Phi) is 8.61. The van der Waals surface area contributed by atoms with E-state index >= 15 is 0 Å². The number of aryl methyl sites for hydroxylation is 1. The van der Waals surface area contributed by atoms with Gasteiger partial charge in [0.25, 0.3) is 5.91 Å². The Bertz CT molecular complexity index is 1270. The summed E-state index contributed by atoms with van der Waals surface area (Å²) in [5.41, 5.74) is 4.58. The molecule has 1 amide bonds. The van der Waals surface area contributed by atoms with Crippen molar-refractivity contribution in [2.24, 2.45) is 5.92 Å². The second-order valence-corrected chi connectivity index (χ2v) is 10.7. The first-order chi connectivity index (χ1) is 17.4. The Morgan fingerprint density at radius 3 is 2.61 bits per heavy atom. The lowest BCUT2D eigenvalue weighted by Crippen LogP contribution is -2.31. The van der Waals surface area contributed by atoms with Gasteiger partial charge >= 0.3 is 0 Å². The number of thioether (sulfide) groups is 1. The first-order valence-electron chi connectivity index (χ1n) is 12.0. The third-order valence-corrected chi connectivity index (χ3v) is 7.22. The van der Waals surface area contributed by atoms with Crippen LogP contribution in [0.15, 0.2) is 59.6 Å². The van der Waals surface area contributed by atoms with E-state index in [1.807, 2.05) is 66.3 Å². The van der Waals surface area contributed by atoms with Crippen molar-refractivity contribution in [2.75, 3.05) is 26.9 Å². The van der Waals surface area contributed by atoms with Gasteiger partial charge in [-0.2, -0.15) is 5.10 Å². The van der Waals surface area contributed by atoms with E-state index in [9.17, 15) is 4.79 Å². The molecule has 2 aromatic carbocycles. The molecule has 3 aromatic rings. The molecule has 0 saturated carbocycles. The van der Waals surface area contributed by atoms with Gasteiger partial charge in [-0.05, 0) is 61.2 Å². The molecule has 0 unspecified atom stereocenters. The standard InChI is InChI=1S/C28H31N3O3S2/c1-19(2)12-14-34-24-11-10-21(16-20(24)3)26-22(18-31(29-26)23-8-6-5-7-9-23)17-25-27(32)30(13-15-33-4)28(35)36-25/h5-11,16-19H,12-15H2,1-4H3. The van der Waals surface area contributed by atoms with Crippen LogP contribution in [0.25, 0.3) is 23.0 Å². The summed E-state index contributed by atoms with van der Waals surface area (Å²) in [5, 5.41) is 4.91. The van der Waals surface area contributed by atoms with Crippen LogP contribution >= 0.6 is 24.0 Å². The number of aromatic nitrogens is 2. The smallest absolute Gasteiger partial charge is 0.266 e. The molecule has 36 heavy (non-hydrogen) atoms. The van der Waals surface area contributed by atoms with Crippen molar-refractivity contribution in [3.05, 3.63) is 70.8 Å². The number of thiocarbonyl (C=S) groups is 1. The molecular weight excluding hydrogens is 490 g/mol. The predicted octanol–water partition coefficient (Wildman–Crippen LogP) is 6.12. The molecule has 1 aromatic heterocycles. The first-order valence-corrected chi connectivity index (χ1v) is 13.2. The maximum Gasteiger partial charge on any atom is 0.266 e. The number of hydrogen-bond donors (Lipinski definition) is 0. The van der Waals surface area contributed by atoms with Crippen molar-refractivity contribution in [3.8, 4) is 22.7 Å². The molecule has 0 spiro atoms. The molecule has 2 heterocycles. The van der Waals surface area contributed by atoms with Crippen molar-refractivity contribution < 1.29 is 14.3 Å². The number of para-hydroxylation sites is 1. The van der Waals surface area contributed by atoms with E-state index in [0.717, 1.165) is 40.2 Å². The maximum atomic E-state index is 13.0. The number of carbonyl (C=O) groups excluding carboxylic acids is 1. The number of rotatable bonds is 10. The van der Waals surface area contributed by atoms with E-state index in [1.165, 1.54) is 11.8 Å². The summed E-state index contributed by atoms with van der Waals surface area (Å²) in [6, 6.07) is 16.0. The number of methoxy groups -OCH3 is 1. The van der Waals surface area contributed by atoms with Gasteiger partial charge in [0.15, 0.2) is 0 Å². The van der Waals surface area contributed by atoms with Gasteiger partial charge in [-0.25, -0.2) is 4.68 Å². The minimum atomic E-state index is -0.106. The van der Waals surface area contributed by atoms with Crippen LogP contribution in [0.4, 0.5) is 0 Å². The number of nitrogens with zero attached hydrogens (tertiary/aromatic N) is 3. The van der Waals surface area contributed by atoms with Gasteiger partial charge in [-0.15, -0.1) is 0 Å². The van der Waals surface area contributed by atoms with E-state index in [0.29, 0.717) is 34.9 Å². The zero-order valence-electron chi connectivity index (χ0n) is 21.1. The van der Waals surface area contributed by atoms with Gasteiger partial charge in [-0.3, -0.25) is 9.69 Å². The largest absolute Gasteiger partial charge is 0.493 e. The Balaban J connectivity index is 1.70. The summed E-state index contributed by atoms with van der Waals surface area (Å²) in [7, 11) is 1.61. The Morgan fingerprint density at radius 2 is 1.92 bits per heavy atom. The highest BCUT2D eigenvalue weighted by atomic mass is 32.2. The average Bonchev–Trinajstić information content (AvgIpc) is 3.40. The number of benzene rings is 2. The molecule has 1 saturated heterocycles. The summed E-state index contributed by atoms with van der Waals surface area (Å²) in [6.45, 7) is 7.98. The van der Waals surface area contributed by atoms with Gasteiger partial charge in [-0.1, -0.05) is 56.0 Å². The Morgan fingerprint density at radius 1 is 1.14 bits per heavy atom. The van der Waals surface area contributed by atoms with E-state index < -0.39 is 0 Å². The molecule has 0 bridgehead atoms. The van der Waals surface area contributed by atoms with Gasteiger partial charge in [0.05, 0.1) is 30.4 Å². The summed E-state index contributed by atoms with van der Waals surface area (Å²) >= 11 is 6.76. The minimum Gasteiger partial charge on any atom is -0.493 e. The van der Waals surface area contributed by atoms with Crippen molar-refractivity contribution in [2.45, 2.75) is 27.2 Å². The van der Waals surface area contributed by atoms with Crippen molar-refractivity contribution in [3.63, 3.8) is 0 Å². The zero-order chi connectivity index (χ0) is 25.7. The topological polar surface area (TPSA) is 56.6 Å². The maximum absolute atomic E-state index is 13.0. The quantitative estimate of drug-likeness (QED) is 0.237. The van der Waals surface area contributed by atoms with Crippen molar-refractivity contribution >= 4 is 40.3 Å². The van der Waals surface area contributed by atoms with Crippen LogP contribution in [0.1, 0.15) is 31.4 Å². The first kappa shape index (κ1) is 26.1. The van der Waals surface area contributed by atoms with E-state index in [-0.39, 0.29) is 5.91 Å². The summed E-state index contributed by atoms with van der Waals surface area (Å²) < 4.78 is 13.5. The number of ether oxygens (including phenoxy) is 2. The number of amides is 1. The van der Waals surface area contributed by atoms with Gasteiger partial charge < -0.3 is 9.47 Å². The molecule has 1 aliphatic heterocycles. The Hall–Kier alpha value is -2.94. The molecule has 0 atom stereocenters. The van der Waals surface area contributed by atoms with Gasteiger partial charge in [0, 0.05) is 24.4 Å². The fourth-order valence-electron chi connectivity index (χ4n) is 3.81. The fraction of sp³-hybridized carbons (Fsp3) is 0.321. The molecule has 1 aliphatic rings. The second-order valence-electron chi connectivity index (χ2n) is 9.05. The lowest BCUT2D eigenvalue weighted by atomic mass is 10.0. The van der Waals surface area contributed by atoms with Crippen molar-refractivity contribution in [1.29, 1.82) is 0 Å². The molecule has 0 aliphatic carbocycles. The zero-order valence-corrected chi connectivity index (χ0v) is 22.7. The van der Waals surface area contributed by atoms with Crippen LogP contribution in [0.5, 0.6) is 5.75 Å². The highest BCUT2D eigenvalue weighted by Crippen LogP contribution is 2.35. The Labute approximate surface area is 222 Å². The second kappa shape index (κ2) is 11.9. The monoisotopic (exact) mass is 521 g/mol. The third kappa shape index (κ3) is 6.06. The lowest BCUT2D eigenvalue weighted by molar-refractivity contribution is -0.122. The highest BCUT2D eigenvalue weighted by Gasteiger charge is 2.32. The molecular formula is C28H31N3O3S2. The van der Waals surface area contributed by atoms with Crippen LogP contribution in [0.2, 0.25) is 0 Å². The average molecular weight is 522 g/mol. The van der Waals surface area contributed by atoms with Crippen LogP contribution in [0, 0.1) is 12.8 Å². The molecule has 188 valence electrons. The molecule has 0 N–H and O–H groups in total. The fourth-order valence-corrected chi connectivity index (χ4v) is 5.11. The summed E-state index contributed by atoms with van der Waals surface area (Å²) in [6.07, 6.45) is 4.85. The number of carbonyl (C=O) groups is 1. The van der Waals surface area contributed by atoms with Gasteiger partial charge in [0.1, 0.15) is 15.8 Å². The van der Waals surface area contributed by atoms with Gasteiger partial charge in [0.2, 0.25) is 0 Å². The minimum absolute atomic E-state index is 0.106. The molecule has 1 fully saturated rings. The summed E-state index contributed by atoms with van der Waals surface area (Å²) in [5.74, 6) is 1.37. The molecule has 6 nitrogen and oxygen atoms in total. The normalized spacial score (nSPS) is 14.9. The number of hydrogen-bond acceptors (Lipinski definition) is 6. The van der Waals surface area contributed by atoms with Crippen LogP contribution < -0.4 is 4.74 Å². The van der Waals surface area contributed by atoms with E-state index in [4.69, 9.17) is 26.8 Å². The predicted molar refractivity (Wildman–Crippen MR) is 150 cm³/mol. The SMILES string of the molecule is COCCN1C(=O)C(=Cc2cn(-c3ccccc3)nc2-c2ccc(OCCC(C)C)c(C)c2)SC1=S. The summed E-state index contributed by atoms with van der Waals surface area (Å²) in [4.78, 5) is 15.2. The van der Waals surface area contributed by atoms with Crippen LogP contribution in [0.3, 0.4) is 0 Å².